The summed E-state index contributed by atoms with van der Waals surface area (Å²) in [5.41, 5.74) is 1.95. The van der Waals surface area contributed by atoms with Crippen LogP contribution in [0.3, 0.4) is 0 Å². The van der Waals surface area contributed by atoms with Crippen LogP contribution < -0.4 is 10.1 Å². The van der Waals surface area contributed by atoms with E-state index in [2.05, 4.69) is 33.0 Å². The molecule has 1 fully saturated rings. The number of hydrogen-bond acceptors (Lipinski definition) is 3. The molecule has 0 spiro atoms. The van der Waals surface area contributed by atoms with Crippen molar-refractivity contribution in [3.63, 3.8) is 0 Å². The maximum Gasteiger partial charge on any atom is 0.163 e. The molecule has 0 bridgehead atoms. The van der Waals surface area contributed by atoms with Crippen LogP contribution in [0.1, 0.15) is 62.9 Å². The zero-order chi connectivity index (χ0) is 19.5. The number of Topliss-reactive ketones (excluding diaryl/α,β-unsaturated/α-hetero) is 1. The molecule has 1 aliphatic heterocycles. The number of ketones is 1. The van der Waals surface area contributed by atoms with Gasteiger partial charge in [0.05, 0.1) is 0 Å². The topological polar surface area (TPSA) is 38.3 Å². The largest absolute Gasteiger partial charge is 0.489 e. The van der Waals surface area contributed by atoms with E-state index in [1.165, 1.54) is 0 Å². The van der Waals surface area contributed by atoms with E-state index >= 15 is 0 Å². The summed E-state index contributed by atoms with van der Waals surface area (Å²) in [6.45, 7) is 9.39. The number of carbonyl (C=O) groups excluding carboxylic acids is 1. The molecular formula is C24H31NO2. The monoisotopic (exact) mass is 365 g/mol. The van der Waals surface area contributed by atoms with Gasteiger partial charge in [-0.1, -0.05) is 36.4 Å². The van der Waals surface area contributed by atoms with Crippen LogP contribution in [0.2, 0.25) is 0 Å². The molecule has 1 saturated heterocycles. The second kappa shape index (κ2) is 7.85. The summed E-state index contributed by atoms with van der Waals surface area (Å²) >= 11 is 0. The van der Waals surface area contributed by atoms with E-state index in [9.17, 15) is 4.79 Å². The van der Waals surface area contributed by atoms with Crippen molar-refractivity contribution in [1.82, 2.24) is 5.32 Å². The highest BCUT2D eigenvalue weighted by atomic mass is 16.5. The fraction of sp³-hybridized carbons (Fsp3) is 0.458. The van der Waals surface area contributed by atoms with Gasteiger partial charge in [0, 0.05) is 23.1 Å². The molecule has 0 amide bonds. The average Bonchev–Trinajstić information content (AvgIpc) is 2.58. The highest BCUT2D eigenvalue weighted by Crippen LogP contribution is 2.35. The van der Waals surface area contributed by atoms with E-state index in [0.717, 1.165) is 29.7 Å². The quantitative estimate of drug-likeness (QED) is 0.697. The Morgan fingerprint density at radius 1 is 1.00 bits per heavy atom. The number of carbonyl (C=O) groups is 1. The molecular weight excluding hydrogens is 334 g/mol. The average molecular weight is 366 g/mol. The maximum atomic E-state index is 12.9. The van der Waals surface area contributed by atoms with E-state index in [0.29, 0.717) is 18.9 Å². The van der Waals surface area contributed by atoms with E-state index in [1.54, 1.807) is 0 Å². The first-order valence-electron chi connectivity index (χ1n) is 9.82. The molecule has 1 N–H and O–H groups in total. The standard InChI is InChI=1S/C24H31NO2/c1-23(2)15-19(16-24(3,4)25-23)14-22(26)20-10-8-9-18(13-20)17-27-21-11-6-5-7-12-21/h5-13,19,25H,14-17H2,1-4H3. The lowest BCUT2D eigenvalue weighted by atomic mass is 9.74. The minimum Gasteiger partial charge on any atom is -0.489 e. The first kappa shape index (κ1) is 19.6. The summed E-state index contributed by atoms with van der Waals surface area (Å²) in [6, 6.07) is 17.6. The van der Waals surface area contributed by atoms with Crippen LogP contribution in [0.4, 0.5) is 0 Å². The smallest absolute Gasteiger partial charge is 0.163 e. The molecule has 0 atom stereocenters. The molecule has 3 nitrogen and oxygen atoms in total. The van der Waals surface area contributed by atoms with Gasteiger partial charge in [0.1, 0.15) is 12.4 Å². The number of hydrogen-bond donors (Lipinski definition) is 1. The van der Waals surface area contributed by atoms with E-state index < -0.39 is 0 Å². The van der Waals surface area contributed by atoms with Gasteiger partial charge in [0.15, 0.2) is 5.78 Å². The third-order valence-electron chi connectivity index (χ3n) is 5.15. The fourth-order valence-corrected chi connectivity index (χ4v) is 4.58. The van der Waals surface area contributed by atoms with Gasteiger partial charge in [-0.25, -0.2) is 0 Å². The van der Waals surface area contributed by atoms with Crippen LogP contribution >= 0.6 is 0 Å². The van der Waals surface area contributed by atoms with E-state index in [1.807, 2.05) is 54.6 Å². The van der Waals surface area contributed by atoms with Crippen LogP contribution in [0.15, 0.2) is 54.6 Å². The van der Waals surface area contributed by atoms with Gasteiger partial charge in [-0.15, -0.1) is 0 Å². The zero-order valence-corrected chi connectivity index (χ0v) is 16.9. The molecule has 27 heavy (non-hydrogen) atoms. The van der Waals surface area contributed by atoms with Crippen molar-refractivity contribution in [3.8, 4) is 5.75 Å². The SMILES string of the molecule is CC1(C)CC(CC(=O)c2cccc(COc3ccccc3)c2)CC(C)(C)N1. The van der Waals surface area contributed by atoms with Crippen LogP contribution in [0, 0.1) is 5.92 Å². The van der Waals surface area contributed by atoms with E-state index in [-0.39, 0.29) is 16.9 Å². The summed E-state index contributed by atoms with van der Waals surface area (Å²) < 4.78 is 5.81. The first-order valence-corrected chi connectivity index (χ1v) is 9.82. The summed E-state index contributed by atoms with van der Waals surface area (Å²) in [6.07, 6.45) is 2.66. The Balaban J connectivity index is 1.63. The van der Waals surface area contributed by atoms with Crippen molar-refractivity contribution < 1.29 is 9.53 Å². The van der Waals surface area contributed by atoms with Crippen LogP contribution in [-0.2, 0) is 6.61 Å². The Morgan fingerprint density at radius 3 is 2.33 bits per heavy atom. The Labute approximate surface area is 163 Å². The second-order valence-corrected chi connectivity index (χ2v) is 9.10. The molecule has 0 aliphatic carbocycles. The van der Waals surface area contributed by atoms with Gasteiger partial charge in [0.25, 0.3) is 0 Å². The molecule has 0 unspecified atom stereocenters. The minimum absolute atomic E-state index is 0.0675. The van der Waals surface area contributed by atoms with Crippen LogP contribution in [-0.4, -0.2) is 16.9 Å². The van der Waals surface area contributed by atoms with Crippen molar-refractivity contribution in [2.75, 3.05) is 0 Å². The maximum absolute atomic E-state index is 12.9. The van der Waals surface area contributed by atoms with Gasteiger partial charge < -0.3 is 10.1 Å². The number of rotatable bonds is 6. The Hall–Kier alpha value is -2.13. The summed E-state index contributed by atoms with van der Waals surface area (Å²) in [5.74, 6) is 1.48. The summed E-state index contributed by atoms with van der Waals surface area (Å²) in [4.78, 5) is 12.9. The molecule has 144 valence electrons. The van der Waals surface area contributed by atoms with Crippen molar-refractivity contribution >= 4 is 5.78 Å². The summed E-state index contributed by atoms with van der Waals surface area (Å²) in [7, 11) is 0. The van der Waals surface area contributed by atoms with Crippen molar-refractivity contribution in [2.24, 2.45) is 5.92 Å². The Morgan fingerprint density at radius 2 is 1.67 bits per heavy atom. The molecule has 3 rings (SSSR count). The second-order valence-electron chi connectivity index (χ2n) is 9.10. The number of ether oxygens (including phenoxy) is 1. The van der Waals surface area contributed by atoms with Gasteiger partial charge in [-0.05, 0) is 70.2 Å². The predicted molar refractivity (Wildman–Crippen MR) is 110 cm³/mol. The zero-order valence-electron chi connectivity index (χ0n) is 16.9. The number of para-hydroxylation sites is 1. The minimum atomic E-state index is 0.0675. The molecule has 1 heterocycles. The van der Waals surface area contributed by atoms with Gasteiger partial charge >= 0.3 is 0 Å². The lowest BCUT2D eigenvalue weighted by molar-refractivity contribution is 0.0864. The predicted octanol–water partition coefficient (Wildman–Crippen LogP) is 5.40. The Kier molecular flexibility index (Phi) is 5.71. The van der Waals surface area contributed by atoms with Gasteiger partial charge in [-0.3, -0.25) is 4.79 Å². The molecule has 2 aromatic carbocycles. The van der Waals surface area contributed by atoms with Crippen LogP contribution in [0.25, 0.3) is 0 Å². The highest BCUT2D eigenvalue weighted by Gasteiger charge is 2.38. The molecule has 3 heteroatoms. The first-order chi connectivity index (χ1) is 12.7. The number of nitrogens with one attached hydrogen (secondary N) is 1. The van der Waals surface area contributed by atoms with Crippen LogP contribution in [0.5, 0.6) is 5.75 Å². The lowest BCUT2D eigenvalue weighted by Crippen LogP contribution is -2.57. The van der Waals surface area contributed by atoms with Gasteiger partial charge in [-0.2, -0.15) is 0 Å². The number of piperidine rings is 1. The van der Waals surface area contributed by atoms with Crippen molar-refractivity contribution in [3.05, 3.63) is 65.7 Å². The van der Waals surface area contributed by atoms with Gasteiger partial charge in [0.2, 0.25) is 0 Å². The molecule has 2 aromatic rings. The molecule has 1 aliphatic rings. The summed E-state index contributed by atoms with van der Waals surface area (Å²) in [5, 5.41) is 3.69. The van der Waals surface area contributed by atoms with Crippen molar-refractivity contribution in [1.29, 1.82) is 0 Å². The molecule has 0 saturated carbocycles. The lowest BCUT2D eigenvalue weighted by Gasteiger charge is -2.46. The number of benzene rings is 2. The normalized spacial score (nSPS) is 18.8. The molecule has 0 aromatic heterocycles. The fourth-order valence-electron chi connectivity index (χ4n) is 4.58. The highest BCUT2D eigenvalue weighted by molar-refractivity contribution is 5.96. The Bertz CT molecular complexity index is 764. The third-order valence-corrected chi connectivity index (χ3v) is 5.15. The van der Waals surface area contributed by atoms with Crippen molar-refractivity contribution in [2.45, 2.75) is 64.6 Å². The van der Waals surface area contributed by atoms with E-state index in [4.69, 9.17) is 4.74 Å². The third kappa shape index (κ3) is 5.67. The molecule has 0 radical (unpaired) electrons.